The van der Waals surface area contributed by atoms with E-state index < -0.39 is 0 Å². The maximum atomic E-state index is 13.9. The SMILES string of the molecule is CCC1C(=O)[C@H]2[C@@H]3CC[C@H](CC)[C@@]3(C)CC[C@@H]2[C@@]2(C)CCC(CC#N)CC12. The number of rotatable bonds is 3. The fraction of sp³-hybridized carbons (Fsp3) is 0.920. The second kappa shape index (κ2) is 6.89. The van der Waals surface area contributed by atoms with Crippen molar-refractivity contribution in [1.29, 1.82) is 5.26 Å². The van der Waals surface area contributed by atoms with E-state index in [2.05, 4.69) is 33.8 Å². The molecule has 0 aromatic rings. The van der Waals surface area contributed by atoms with Gasteiger partial charge in [0.05, 0.1) is 6.07 Å². The van der Waals surface area contributed by atoms with Gasteiger partial charge in [0.2, 0.25) is 0 Å². The molecule has 0 aliphatic heterocycles. The lowest BCUT2D eigenvalue weighted by molar-refractivity contribution is -0.169. The van der Waals surface area contributed by atoms with Crippen molar-refractivity contribution < 1.29 is 4.79 Å². The van der Waals surface area contributed by atoms with Gasteiger partial charge in [-0.1, -0.05) is 34.1 Å². The van der Waals surface area contributed by atoms with Crippen LogP contribution in [0.25, 0.3) is 0 Å². The molecule has 150 valence electrons. The van der Waals surface area contributed by atoms with Crippen molar-refractivity contribution in [2.24, 2.45) is 52.3 Å². The van der Waals surface area contributed by atoms with Crippen LogP contribution in [-0.2, 0) is 4.79 Å². The number of carbonyl (C=O) groups is 1. The number of ketones is 1. The van der Waals surface area contributed by atoms with Crippen LogP contribution in [0.3, 0.4) is 0 Å². The number of hydrogen-bond donors (Lipinski definition) is 0. The number of Topliss-reactive ketones (excluding diaryl/α,β-unsaturated/α-hetero) is 1. The fourth-order valence-corrected chi connectivity index (χ4v) is 8.83. The summed E-state index contributed by atoms with van der Waals surface area (Å²) in [5.74, 6) is 4.34. The molecule has 2 heteroatoms. The summed E-state index contributed by atoms with van der Waals surface area (Å²) < 4.78 is 0. The van der Waals surface area contributed by atoms with Gasteiger partial charge in [0.1, 0.15) is 5.78 Å². The Morgan fingerprint density at radius 1 is 0.963 bits per heavy atom. The lowest BCUT2D eigenvalue weighted by Gasteiger charge is -2.62. The van der Waals surface area contributed by atoms with Crippen LogP contribution in [0, 0.1) is 63.6 Å². The highest BCUT2D eigenvalue weighted by molar-refractivity contribution is 5.86. The highest BCUT2D eigenvalue weighted by Gasteiger charge is 2.64. The van der Waals surface area contributed by atoms with E-state index in [1.807, 2.05) is 0 Å². The van der Waals surface area contributed by atoms with Crippen LogP contribution in [0.2, 0.25) is 0 Å². The third kappa shape index (κ3) is 2.67. The average molecular weight is 370 g/mol. The van der Waals surface area contributed by atoms with Gasteiger partial charge < -0.3 is 0 Å². The van der Waals surface area contributed by atoms with Crippen LogP contribution in [0.4, 0.5) is 0 Å². The summed E-state index contributed by atoms with van der Waals surface area (Å²) in [6.07, 6.45) is 11.8. The molecule has 0 amide bonds. The second-order valence-electron chi connectivity index (χ2n) is 11.0. The van der Waals surface area contributed by atoms with Gasteiger partial charge in [-0.25, -0.2) is 0 Å². The van der Waals surface area contributed by atoms with Gasteiger partial charge in [-0.05, 0) is 91.8 Å². The first-order valence-electron chi connectivity index (χ1n) is 11.8. The van der Waals surface area contributed by atoms with Crippen LogP contribution < -0.4 is 0 Å². The number of carbonyl (C=O) groups excluding carboxylic acids is 1. The Morgan fingerprint density at radius 3 is 2.33 bits per heavy atom. The van der Waals surface area contributed by atoms with Crippen LogP contribution >= 0.6 is 0 Å². The maximum absolute atomic E-state index is 13.9. The van der Waals surface area contributed by atoms with Gasteiger partial charge in [-0.2, -0.15) is 5.26 Å². The molecule has 0 spiro atoms. The topological polar surface area (TPSA) is 40.9 Å². The lowest BCUT2D eigenvalue weighted by Crippen LogP contribution is -2.60. The molecule has 0 aromatic carbocycles. The molecule has 0 bridgehead atoms. The van der Waals surface area contributed by atoms with Crippen LogP contribution in [0.15, 0.2) is 0 Å². The monoisotopic (exact) mass is 369 g/mol. The summed E-state index contributed by atoms with van der Waals surface area (Å²) in [6.45, 7) is 9.67. The third-order valence-electron chi connectivity index (χ3n) is 10.3. The Morgan fingerprint density at radius 2 is 1.67 bits per heavy atom. The summed E-state index contributed by atoms with van der Waals surface area (Å²) in [4.78, 5) is 13.9. The fourth-order valence-electron chi connectivity index (χ4n) is 8.83. The number of fused-ring (bicyclic) bond motifs is 5. The number of nitriles is 1. The molecule has 0 heterocycles. The normalized spacial score (nSPS) is 51.8. The smallest absolute Gasteiger partial charge is 0.139 e. The van der Waals surface area contributed by atoms with E-state index in [4.69, 9.17) is 0 Å². The zero-order valence-corrected chi connectivity index (χ0v) is 18.0. The Balaban J connectivity index is 1.69. The van der Waals surface area contributed by atoms with Gasteiger partial charge in [-0.3, -0.25) is 4.79 Å². The molecule has 0 radical (unpaired) electrons. The summed E-state index contributed by atoms with van der Waals surface area (Å²) in [7, 11) is 0. The van der Waals surface area contributed by atoms with Crippen molar-refractivity contribution in [2.45, 2.75) is 91.9 Å². The predicted molar refractivity (Wildman–Crippen MR) is 109 cm³/mol. The van der Waals surface area contributed by atoms with Crippen LogP contribution in [0.5, 0.6) is 0 Å². The Bertz CT molecular complexity index is 635. The first kappa shape index (κ1) is 19.5. The summed E-state index contributed by atoms with van der Waals surface area (Å²) >= 11 is 0. The van der Waals surface area contributed by atoms with E-state index in [-0.39, 0.29) is 5.92 Å². The minimum absolute atomic E-state index is 0.251. The number of nitrogens with zero attached hydrogens (tertiary/aromatic N) is 1. The van der Waals surface area contributed by atoms with Gasteiger partial charge in [0, 0.05) is 18.3 Å². The summed E-state index contributed by atoms with van der Waals surface area (Å²) in [5, 5.41) is 9.20. The molecule has 0 N–H and O–H groups in total. The average Bonchev–Trinajstić information content (AvgIpc) is 2.99. The minimum Gasteiger partial charge on any atom is -0.299 e. The molecule has 9 atom stereocenters. The van der Waals surface area contributed by atoms with E-state index in [9.17, 15) is 10.1 Å². The largest absolute Gasteiger partial charge is 0.299 e. The van der Waals surface area contributed by atoms with Gasteiger partial charge in [0.15, 0.2) is 0 Å². The van der Waals surface area contributed by atoms with Gasteiger partial charge >= 0.3 is 0 Å². The van der Waals surface area contributed by atoms with Crippen molar-refractivity contribution in [1.82, 2.24) is 0 Å². The van der Waals surface area contributed by atoms with E-state index in [1.54, 1.807) is 0 Å². The highest BCUT2D eigenvalue weighted by atomic mass is 16.1. The van der Waals surface area contributed by atoms with Crippen molar-refractivity contribution in [3.63, 3.8) is 0 Å². The predicted octanol–water partition coefficient (Wildman–Crippen LogP) is 6.40. The Labute approximate surface area is 166 Å². The van der Waals surface area contributed by atoms with Crippen LogP contribution in [-0.4, -0.2) is 5.78 Å². The van der Waals surface area contributed by atoms with E-state index in [0.717, 1.165) is 18.8 Å². The maximum Gasteiger partial charge on any atom is 0.139 e. The molecule has 4 fully saturated rings. The first-order chi connectivity index (χ1) is 12.9. The van der Waals surface area contributed by atoms with Crippen molar-refractivity contribution in [3.8, 4) is 6.07 Å². The second-order valence-corrected chi connectivity index (χ2v) is 11.0. The minimum atomic E-state index is 0.251. The van der Waals surface area contributed by atoms with Crippen molar-refractivity contribution in [3.05, 3.63) is 0 Å². The standard InChI is InChI=1S/C25H39NO/c1-5-17-7-8-19-22-20(10-13-24(17,19)3)25(4)12-9-16(11-14-26)15-21(25)18(6-2)23(22)27/h16-22H,5-13,15H2,1-4H3/t16?,17-,18?,19-,20-,21?,22-,24+,25+/m0/s1. The molecular weight excluding hydrogens is 330 g/mol. The van der Waals surface area contributed by atoms with Crippen molar-refractivity contribution in [2.75, 3.05) is 0 Å². The quantitative estimate of drug-likeness (QED) is 0.577. The molecular formula is C25H39NO. The van der Waals surface area contributed by atoms with E-state index in [0.29, 0.717) is 52.6 Å². The van der Waals surface area contributed by atoms with E-state index >= 15 is 0 Å². The zero-order chi connectivity index (χ0) is 19.4. The molecule has 4 rings (SSSR count). The molecule has 0 aromatic heterocycles. The summed E-state index contributed by atoms with van der Waals surface area (Å²) in [5.41, 5.74) is 0.738. The molecule has 2 nitrogen and oxygen atoms in total. The van der Waals surface area contributed by atoms with Gasteiger partial charge in [-0.15, -0.1) is 0 Å². The molecule has 4 saturated carbocycles. The Kier molecular flexibility index (Phi) is 4.97. The molecule has 4 aliphatic rings. The molecule has 4 aliphatic carbocycles. The highest BCUT2D eigenvalue weighted by Crippen LogP contribution is 2.68. The zero-order valence-electron chi connectivity index (χ0n) is 18.0. The van der Waals surface area contributed by atoms with E-state index in [1.165, 1.54) is 44.9 Å². The Hall–Kier alpha value is -0.840. The van der Waals surface area contributed by atoms with Crippen LogP contribution in [0.1, 0.15) is 91.9 Å². The van der Waals surface area contributed by atoms with Crippen molar-refractivity contribution >= 4 is 5.78 Å². The lowest BCUT2D eigenvalue weighted by atomic mass is 9.41. The summed E-state index contributed by atoms with van der Waals surface area (Å²) in [6, 6.07) is 2.41. The first-order valence-corrected chi connectivity index (χ1v) is 11.8. The molecule has 27 heavy (non-hydrogen) atoms. The third-order valence-corrected chi connectivity index (χ3v) is 10.3. The number of hydrogen-bond acceptors (Lipinski definition) is 2. The van der Waals surface area contributed by atoms with Gasteiger partial charge in [0.25, 0.3) is 0 Å². The molecule has 3 unspecified atom stereocenters. The molecule has 0 saturated heterocycles.